The molecular weight excluding hydrogens is 404 g/mol. The van der Waals surface area contributed by atoms with Crippen molar-refractivity contribution in [3.63, 3.8) is 0 Å². The molecular formula is C20H26N6O3S. The van der Waals surface area contributed by atoms with Gasteiger partial charge >= 0.3 is 6.03 Å². The van der Waals surface area contributed by atoms with Gasteiger partial charge in [0.15, 0.2) is 5.13 Å². The van der Waals surface area contributed by atoms with Crippen LogP contribution >= 0.6 is 11.3 Å². The second-order valence-corrected chi connectivity index (χ2v) is 9.26. The van der Waals surface area contributed by atoms with Crippen molar-refractivity contribution in [2.75, 3.05) is 30.0 Å². The molecule has 2 aromatic heterocycles. The minimum atomic E-state index is -0.292. The molecule has 2 fully saturated rings. The zero-order chi connectivity index (χ0) is 20.5. The van der Waals surface area contributed by atoms with Gasteiger partial charge in [-0.3, -0.25) is 5.32 Å². The maximum absolute atomic E-state index is 12.1. The molecule has 3 N–H and O–H groups in total. The van der Waals surface area contributed by atoms with E-state index in [0.29, 0.717) is 30.4 Å². The first-order valence-electron chi connectivity index (χ1n) is 10.5. The van der Waals surface area contributed by atoms with Crippen molar-refractivity contribution in [1.82, 2.24) is 20.3 Å². The van der Waals surface area contributed by atoms with Crippen molar-refractivity contribution >= 4 is 28.4 Å². The lowest BCUT2D eigenvalue weighted by Crippen LogP contribution is -2.48. The molecule has 4 heterocycles. The summed E-state index contributed by atoms with van der Waals surface area (Å²) in [7, 11) is 0. The molecule has 1 atom stereocenters. The fraction of sp³-hybridized carbons (Fsp3) is 0.600. The van der Waals surface area contributed by atoms with Crippen molar-refractivity contribution in [3.05, 3.63) is 28.5 Å². The molecule has 2 aromatic rings. The minimum Gasteiger partial charge on any atom is -0.393 e. The fourth-order valence-electron chi connectivity index (χ4n) is 4.16. The lowest BCUT2D eigenvalue weighted by molar-refractivity contribution is 0.0671. The van der Waals surface area contributed by atoms with Crippen LogP contribution in [-0.2, 0) is 17.7 Å². The van der Waals surface area contributed by atoms with Crippen molar-refractivity contribution in [2.24, 2.45) is 0 Å². The van der Waals surface area contributed by atoms with E-state index in [1.165, 1.54) is 11.3 Å². The number of aromatic nitrogens is 3. The van der Waals surface area contributed by atoms with Crippen molar-refractivity contribution < 1.29 is 14.6 Å². The Kier molecular flexibility index (Phi) is 5.53. The Hall–Kier alpha value is -2.30. The predicted octanol–water partition coefficient (Wildman–Crippen LogP) is 2.03. The smallest absolute Gasteiger partial charge is 0.321 e. The van der Waals surface area contributed by atoms with E-state index in [0.717, 1.165) is 61.2 Å². The average Bonchev–Trinajstić information content (AvgIpc) is 3.14. The molecule has 160 valence electrons. The third-order valence-corrected chi connectivity index (χ3v) is 6.92. The van der Waals surface area contributed by atoms with Gasteiger partial charge in [0.25, 0.3) is 0 Å². The van der Waals surface area contributed by atoms with Crippen LogP contribution in [0.15, 0.2) is 12.3 Å². The van der Waals surface area contributed by atoms with Crippen LogP contribution in [0.5, 0.6) is 0 Å². The van der Waals surface area contributed by atoms with Gasteiger partial charge in [-0.25, -0.2) is 19.7 Å². The topological polar surface area (TPSA) is 113 Å². The molecule has 1 aliphatic carbocycles. The normalized spacial score (nSPS) is 25.9. The fourth-order valence-corrected chi connectivity index (χ4v) is 5.18. The first-order valence-corrected chi connectivity index (χ1v) is 11.4. The highest BCUT2D eigenvalue weighted by Gasteiger charge is 2.29. The van der Waals surface area contributed by atoms with E-state index in [4.69, 9.17) is 9.72 Å². The zero-order valence-electron chi connectivity index (χ0n) is 16.7. The zero-order valence-corrected chi connectivity index (χ0v) is 17.5. The summed E-state index contributed by atoms with van der Waals surface area (Å²) in [6.45, 7) is 3.06. The number of thiazole rings is 1. The van der Waals surface area contributed by atoms with Gasteiger partial charge in [0, 0.05) is 42.6 Å². The van der Waals surface area contributed by atoms with Crippen LogP contribution in [0.1, 0.15) is 47.9 Å². The molecule has 0 spiro atoms. The largest absolute Gasteiger partial charge is 0.393 e. The molecule has 2 amide bonds. The number of urea groups is 1. The Morgan fingerprint density at radius 2 is 2.23 bits per heavy atom. The molecule has 1 unspecified atom stereocenters. The summed E-state index contributed by atoms with van der Waals surface area (Å²) in [5, 5.41) is 15.6. The maximum Gasteiger partial charge on any atom is 0.321 e. The first-order chi connectivity index (χ1) is 14.6. The van der Waals surface area contributed by atoms with Crippen LogP contribution in [0.3, 0.4) is 0 Å². The summed E-state index contributed by atoms with van der Waals surface area (Å²) in [6, 6.07) is 1.77. The number of aliphatic hydroxyl groups is 1. The maximum atomic E-state index is 12.1. The Morgan fingerprint density at radius 1 is 1.33 bits per heavy atom. The number of amides is 2. The summed E-state index contributed by atoms with van der Waals surface area (Å²) < 4.78 is 5.61. The summed E-state index contributed by atoms with van der Waals surface area (Å²) >= 11 is 1.50. The molecule has 0 bridgehead atoms. The van der Waals surface area contributed by atoms with Gasteiger partial charge in [0.2, 0.25) is 5.95 Å². The van der Waals surface area contributed by atoms with Gasteiger partial charge in [-0.15, -0.1) is 0 Å². The lowest BCUT2D eigenvalue weighted by Gasteiger charge is -2.31. The van der Waals surface area contributed by atoms with Gasteiger partial charge < -0.3 is 20.1 Å². The molecule has 10 heteroatoms. The van der Waals surface area contributed by atoms with Crippen LogP contribution in [0.2, 0.25) is 0 Å². The van der Waals surface area contributed by atoms with Crippen LogP contribution in [-0.4, -0.2) is 58.0 Å². The van der Waals surface area contributed by atoms with Crippen LogP contribution < -0.4 is 15.5 Å². The van der Waals surface area contributed by atoms with E-state index in [1.54, 1.807) is 0 Å². The van der Waals surface area contributed by atoms with E-state index in [-0.39, 0.29) is 18.2 Å². The van der Waals surface area contributed by atoms with Gasteiger partial charge in [0.1, 0.15) is 0 Å². The van der Waals surface area contributed by atoms with E-state index >= 15 is 0 Å². The number of ether oxygens (including phenoxy) is 1. The number of nitrogens with one attached hydrogen (secondary N) is 2. The molecule has 30 heavy (non-hydrogen) atoms. The quantitative estimate of drug-likeness (QED) is 0.680. The highest BCUT2D eigenvalue weighted by Crippen LogP contribution is 2.31. The summed E-state index contributed by atoms with van der Waals surface area (Å²) in [6.07, 6.45) is 5.74. The second kappa shape index (κ2) is 8.44. The van der Waals surface area contributed by atoms with E-state index in [2.05, 4.69) is 25.5 Å². The van der Waals surface area contributed by atoms with Crippen molar-refractivity contribution in [3.8, 4) is 0 Å². The first kappa shape index (κ1) is 19.7. The van der Waals surface area contributed by atoms with E-state index in [9.17, 15) is 9.90 Å². The van der Waals surface area contributed by atoms with Gasteiger partial charge in [-0.2, -0.15) is 0 Å². The van der Waals surface area contributed by atoms with Crippen LogP contribution in [0, 0.1) is 0 Å². The number of rotatable bonds is 4. The SMILES string of the molecule is O=C(Nc1nc2c(s1)CN(c1nccc(C3CCCOC3)n1)CC2)N[C@H]1C[C@H](O)C1. The Balaban J connectivity index is 1.22. The van der Waals surface area contributed by atoms with E-state index in [1.807, 2.05) is 12.3 Å². The molecule has 2 aliphatic heterocycles. The summed E-state index contributed by atoms with van der Waals surface area (Å²) in [5.41, 5.74) is 2.08. The average molecular weight is 431 g/mol. The Bertz CT molecular complexity index is 910. The number of carbonyl (C=O) groups is 1. The van der Waals surface area contributed by atoms with Gasteiger partial charge in [0.05, 0.1) is 30.6 Å². The summed E-state index contributed by atoms with van der Waals surface area (Å²) in [4.78, 5) is 29.3. The molecule has 3 aliphatic rings. The molecule has 0 radical (unpaired) electrons. The number of fused-ring (bicyclic) bond motifs is 1. The standard InChI is InChI=1S/C20H26N6O3S/c27-14-8-13(9-14)22-19(28)25-20-24-16-4-6-26(10-17(16)30-20)18-21-5-3-15(23-18)12-2-1-7-29-11-12/h3,5,12-14,27H,1-2,4,6-11H2,(H2,22,24,25,28)/t12?,13-,14-. The van der Waals surface area contributed by atoms with Gasteiger partial charge in [-0.1, -0.05) is 11.3 Å². The lowest BCUT2D eigenvalue weighted by atomic mass is 9.90. The van der Waals surface area contributed by atoms with Crippen LogP contribution in [0.25, 0.3) is 0 Å². The molecule has 0 aromatic carbocycles. The Labute approximate surface area is 178 Å². The number of nitrogens with zero attached hydrogens (tertiary/aromatic N) is 4. The minimum absolute atomic E-state index is 0.0454. The Morgan fingerprint density at radius 3 is 3.03 bits per heavy atom. The number of anilines is 2. The molecule has 1 saturated heterocycles. The van der Waals surface area contributed by atoms with E-state index < -0.39 is 0 Å². The van der Waals surface area contributed by atoms with Crippen LogP contribution in [0.4, 0.5) is 15.9 Å². The number of aliphatic hydroxyl groups excluding tert-OH is 1. The molecule has 1 saturated carbocycles. The monoisotopic (exact) mass is 430 g/mol. The predicted molar refractivity (Wildman–Crippen MR) is 113 cm³/mol. The molecule has 5 rings (SSSR count). The second-order valence-electron chi connectivity index (χ2n) is 8.18. The third kappa shape index (κ3) is 4.26. The van der Waals surface area contributed by atoms with Crippen molar-refractivity contribution in [1.29, 1.82) is 0 Å². The number of hydrogen-bond acceptors (Lipinski definition) is 8. The highest BCUT2D eigenvalue weighted by molar-refractivity contribution is 7.15. The number of carbonyl (C=O) groups excluding carboxylic acids is 1. The highest BCUT2D eigenvalue weighted by atomic mass is 32.1. The summed E-state index contributed by atoms with van der Waals surface area (Å²) in [5.74, 6) is 1.09. The molecule has 9 nitrogen and oxygen atoms in total. The van der Waals surface area contributed by atoms with Gasteiger partial charge in [-0.05, 0) is 31.7 Å². The van der Waals surface area contributed by atoms with Crippen molar-refractivity contribution in [2.45, 2.75) is 56.7 Å². The number of hydrogen-bond donors (Lipinski definition) is 3. The third-order valence-electron chi connectivity index (χ3n) is 5.93.